The zero-order chi connectivity index (χ0) is 57.7. The van der Waals surface area contributed by atoms with E-state index in [0.29, 0.717) is 70.7 Å². The molecule has 0 aliphatic carbocycles. The summed E-state index contributed by atoms with van der Waals surface area (Å²) in [6.07, 6.45) is 4.69. The van der Waals surface area contributed by atoms with Gasteiger partial charge in [0.2, 0.25) is 11.8 Å². The minimum Gasteiger partial charge on any atom is -0.494 e. The average molecular weight is 1140 g/mol. The molecule has 0 amide bonds. The van der Waals surface area contributed by atoms with E-state index in [4.69, 9.17) is 37.9 Å². The van der Waals surface area contributed by atoms with Gasteiger partial charge in [-0.25, -0.2) is 46.7 Å². The van der Waals surface area contributed by atoms with Crippen LogP contribution in [0.15, 0.2) is 97.6 Å². The lowest BCUT2D eigenvalue weighted by Crippen LogP contribution is -2.30. The SMILES string of the molecule is CCOc1cccc(OC)c1-n1c(CS(=O)(=O)C(C)C(OC)c2ncc(C)cn2)nnc1-c1cccc(OC)n1.CCOc1cccc(OC)c1-n1c(CS(=O)(=O)C(C)C(OC)c2ncc(C)cn2)nnc1-c1cccc(OC)n1. The van der Waals surface area contributed by atoms with Crippen LogP contribution in [0, 0.1) is 13.8 Å². The Bertz CT molecular complexity index is 3350. The van der Waals surface area contributed by atoms with Crippen LogP contribution in [0.3, 0.4) is 0 Å². The van der Waals surface area contributed by atoms with Crippen LogP contribution in [0.2, 0.25) is 0 Å². The summed E-state index contributed by atoms with van der Waals surface area (Å²) in [5, 5.41) is 15.3. The van der Waals surface area contributed by atoms with Gasteiger partial charge in [-0.2, -0.15) is 0 Å². The number of aryl methyl sites for hydroxylation is 2. The van der Waals surface area contributed by atoms with E-state index in [1.54, 1.807) is 121 Å². The van der Waals surface area contributed by atoms with Crippen molar-refractivity contribution in [3.8, 4) is 69.2 Å². The van der Waals surface area contributed by atoms with E-state index < -0.39 is 53.9 Å². The van der Waals surface area contributed by atoms with Crippen molar-refractivity contribution in [1.82, 2.24) is 59.4 Å². The highest BCUT2D eigenvalue weighted by Crippen LogP contribution is 2.39. The second-order valence-corrected chi connectivity index (χ2v) is 22.5. The highest BCUT2D eigenvalue weighted by molar-refractivity contribution is 7.91. The molecule has 0 spiro atoms. The van der Waals surface area contributed by atoms with Gasteiger partial charge in [-0.1, -0.05) is 24.3 Å². The number of nitrogens with zero attached hydrogens (tertiary/aromatic N) is 12. The van der Waals surface area contributed by atoms with Crippen LogP contribution in [0.4, 0.5) is 0 Å². The molecule has 4 atom stereocenters. The lowest BCUT2D eigenvalue weighted by atomic mass is 10.2. The number of hydrogen-bond acceptors (Lipinski definition) is 22. The molecular formula is C54H64N12O12S2. The van der Waals surface area contributed by atoms with Crippen molar-refractivity contribution in [1.29, 1.82) is 0 Å². The maximum Gasteiger partial charge on any atom is 0.213 e. The van der Waals surface area contributed by atoms with Crippen molar-refractivity contribution in [3.63, 3.8) is 0 Å². The van der Waals surface area contributed by atoms with E-state index in [-0.39, 0.29) is 34.9 Å². The third kappa shape index (κ3) is 13.3. The summed E-state index contributed by atoms with van der Waals surface area (Å²) in [6.45, 7) is 11.3. The van der Waals surface area contributed by atoms with E-state index in [1.807, 2.05) is 27.7 Å². The standard InChI is InChI=1S/2C27H32N6O6S/c2*1-7-39-21-12-9-11-20(36-4)24(21)33-22(31-32-27(33)19-10-8-13-23(30-19)37-5)16-40(34,35)18(3)25(38-6)26-28-14-17(2)15-29-26/h2*8-15,18,25H,7,16H2,1-6H3. The highest BCUT2D eigenvalue weighted by Gasteiger charge is 2.37. The first-order valence-corrected chi connectivity index (χ1v) is 28.5. The van der Waals surface area contributed by atoms with Crippen molar-refractivity contribution < 1.29 is 54.7 Å². The summed E-state index contributed by atoms with van der Waals surface area (Å²) in [6, 6.07) is 21.0. The van der Waals surface area contributed by atoms with Crippen LogP contribution in [0.25, 0.3) is 34.4 Å². The molecule has 0 N–H and O–H groups in total. The molecule has 8 rings (SSSR count). The van der Waals surface area contributed by atoms with Crippen molar-refractivity contribution in [2.24, 2.45) is 0 Å². The number of ether oxygens (including phenoxy) is 8. The minimum absolute atomic E-state index is 0.136. The number of sulfone groups is 2. The number of benzene rings is 2. The molecule has 80 heavy (non-hydrogen) atoms. The summed E-state index contributed by atoms with van der Waals surface area (Å²) in [5.74, 6) is 2.95. The van der Waals surface area contributed by atoms with E-state index >= 15 is 0 Å². The predicted octanol–water partition coefficient (Wildman–Crippen LogP) is 7.07. The van der Waals surface area contributed by atoms with Gasteiger partial charge in [0, 0.05) is 51.1 Å². The van der Waals surface area contributed by atoms with Crippen LogP contribution in [-0.4, -0.2) is 143 Å². The van der Waals surface area contributed by atoms with E-state index in [9.17, 15) is 16.8 Å². The Morgan fingerprint density at radius 3 is 1.15 bits per heavy atom. The van der Waals surface area contributed by atoms with Crippen molar-refractivity contribution in [2.75, 3.05) is 55.9 Å². The first-order chi connectivity index (χ1) is 38.5. The maximum absolute atomic E-state index is 13.8. The highest BCUT2D eigenvalue weighted by atomic mass is 32.2. The van der Waals surface area contributed by atoms with Gasteiger partial charge < -0.3 is 37.9 Å². The Morgan fingerprint density at radius 1 is 0.475 bits per heavy atom. The Hall–Kier alpha value is -8.20. The fraction of sp³-hybridized carbons (Fsp3) is 0.370. The summed E-state index contributed by atoms with van der Waals surface area (Å²) < 4.78 is 103. The fourth-order valence-electron chi connectivity index (χ4n) is 8.36. The molecule has 0 saturated heterocycles. The lowest BCUT2D eigenvalue weighted by Gasteiger charge is -2.22. The van der Waals surface area contributed by atoms with Gasteiger partial charge in [0.05, 0.1) is 52.2 Å². The number of pyridine rings is 2. The lowest BCUT2D eigenvalue weighted by molar-refractivity contribution is 0.0947. The van der Waals surface area contributed by atoms with Crippen LogP contribution < -0.4 is 28.4 Å². The number of hydrogen-bond donors (Lipinski definition) is 0. The molecule has 0 fully saturated rings. The predicted molar refractivity (Wildman–Crippen MR) is 295 cm³/mol. The second kappa shape index (κ2) is 26.6. The Kier molecular flexibility index (Phi) is 19.8. The molecule has 24 nitrogen and oxygen atoms in total. The molecule has 0 saturated carbocycles. The number of para-hydroxylation sites is 2. The van der Waals surface area contributed by atoms with Crippen molar-refractivity contribution in [2.45, 2.75) is 75.8 Å². The molecule has 0 aliphatic heterocycles. The van der Waals surface area contributed by atoms with Gasteiger partial charge in [0.15, 0.2) is 54.6 Å². The van der Waals surface area contributed by atoms with Crippen molar-refractivity contribution >= 4 is 19.7 Å². The van der Waals surface area contributed by atoms with Crippen LogP contribution in [0.5, 0.6) is 34.8 Å². The Morgan fingerprint density at radius 2 is 0.825 bits per heavy atom. The smallest absolute Gasteiger partial charge is 0.213 e. The molecule has 0 radical (unpaired) electrons. The zero-order valence-electron chi connectivity index (χ0n) is 46.5. The van der Waals surface area contributed by atoms with E-state index in [0.717, 1.165) is 11.1 Å². The van der Waals surface area contributed by atoms with Crippen LogP contribution in [-0.2, 0) is 40.7 Å². The van der Waals surface area contributed by atoms with Crippen LogP contribution >= 0.6 is 0 Å². The third-order valence-corrected chi connectivity index (χ3v) is 16.5. The number of rotatable bonds is 24. The molecule has 6 heterocycles. The molecule has 8 aromatic rings. The average Bonchev–Trinajstić information content (AvgIpc) is 4.12. The number of aromatic nitrogens is 12. The fourth-order valence-corrected chi connectivity index (χ4v) is 11.2. The summed E-state index contributed by atoms with van der Waals surface area (Å²) in [4.78, 5) is 26.1. The molecule has 424 valence electrons. The second-order valence-electron chi connectivity index (χ2n) is 17.7. The minimum atomic E-state index is -3.89. The molecular weight excluding hydrogens is 1070 g/mol. The van der Waals surface area contributed by atoms with Gasteiger partial charge in [0.25, 0.3) is 0 Å². The molecule has 0 aliphatic rings. The molecule has 0 bridgehead atoms. The Labute approximate surface area is 464 Å². The monoisotopic (exact) mass is 1140 g/mol. The van der Waals surface area contributed by atoms with Crippen molar-refractivity contribution in [3.05, 3.63) is 132 Å². The number of methoxy groups -OCH3 is 6. The molecule has 4 unspecified atom stereocenters. The Balaban J connectivity index is 0.000000231. The summed E-state index contributed by atoms with van der Waals surface area (Å²) in [7, 11) is 1.12. The largest absolute Gasteiger partial charge is 0.494 e. The molecule has 26 heteroatoms. The first kappa shape index (κ1) is 59.5. The zero-order valence-corrected chi connectivity index (χ0v) is 48.1. The molecule has 2 aromatic carbocycles. The van der Waals surface area contributed by atoms with Gasteiger partial charge in [-0.05, 0) is 89.1 Å². The van der Waals surface area contributed by atoms with E-state index in [2.05, 4.69) is 50.3 Å². The first-order valence-electron chi connectivity index (χ1n) is 25.0. The van der Waals surface area contributed by atoms with E-state index in [1.165, 1.54) is 42.7 Å². The summed E-state index contributed by atoms with van der Waals surface area (Å²) in [5.41, 5.74) is 3.42. The topological polar surface area (TPSA) is 281 Å². The van der Waals surface area contributed by atoms with Gasteiger partial charge in [-0.15, -0.1) is 20.4 Å². The van der Waals surface area contributed by atoms with Gasteiger partial charge in [0.1, 0.15) is 69.5 Å². The quantitative estimate of drug-likeness (QED) is 0.0584. The van der Waals surface area contributed by atoms with Gasteiger partial charge >= 0.3 is 0 Å². The normalized spacial score (nSPS) is 13.1. The molecule has 6 aromatic heterocycles. The van der Waals surface area contributed by atoms with Gasteiger partial charge in [-0.3, -0.25) is 9.13 Å². The van der Waals surface area contributed by atoms with Crippen LogP contribution in [0.1, 0.15) is 74.3 Å². The maximum atomic E-state index is 13.8. The third-order valence-electron chi connectivity index (χ3n) is 12.5. The summed E-state index contributed by atoms with van der Waals surface area (Å²) >= 11 is 0.